The van der Waals surface area contributed by atoms with E-state index in [9.17, 15) is 0 Å². The van der Waals surface area contributed by atoms with Gasteiger partial charge in [0.05, 0.1) is 0 Å². The Labute approximate surface area is 119 Å². The summed E-state index contributed by atoms with van der Waals surface area (Å²) in [4.78, 5) is 0. The minimum absolute atomic E-state index is 0.0900. The molecule has 20 heavy (non-hydrogen) atoms. The van der Waals surface area contributed by atoms with Crippen molar-refractivity contribution in [3.63, 3.8) is 0 Å². The second-order valence-electron chi connectivity index (χ2n) is 5.11. The molecule has 1 atom stereocenters. The molecule has 0 fully saturated rings. The first-order valence-electron chi connectivity index (χ1n) is 6.94. The van der Waals surface area contributed by atoms with E-state index in [2.05, 4.69) is 25.1 Å². The normalized spacial score (nSPS) is 14.9. The van der Waals surface area contributed by atoms with Gasteiger partial charge in [-0.15, -0.1) is 0 Å². The number of para-hydroxylation sites is 1. The lowest BCUT2D eigenvalue weighted by molar-refractivity contribution is 0.169. The van der Waals surface area contributed by atoms with Crippen molar-refractivity contribution in [3.8, 4) is 11.5 Å². The maximum atomic E-state index is 6.38. The van der Waals surface area contributed by atoms with Crippen molar-refractivity contribution in [2.75, 3.05) is 13.2 Å². The van der Waals surface area contributed by atoms with E-state index in [-0.39, 0.29) is 6.04 Å². The first kappa shape index (κ1) is 13.0. The third kappa shape index (κ3) is 2.49. The van der Waals surface area contributed by atoms with Crippen LogP contribution in [-0.4, -0.2) is 13.2 Å². The highest BCUT2D eigenvalue weighted by Crippen LogP contribution is 2.37. The lowest BCUT2D eigenvalue weighted by Crippen LogP contribution is -2.20. The third-order valence-electron chi connectivity index (χ3n) is 3.70. The first-order chi connectivity index (χ1) is 9.75. The van der Waals surface area contributed by atoms with Gasteiger partial charge < -0.3 is 15.2 Å². The molecule has 3 nitrogen and oxygen atoms in total. The van der Waals surface area contributed by atoms with Crippen molar-refractivity contribution < 1.29 is 9.47 Å². The average molecular weight is 269 g/mol. The number of hydrogen-bond donors (Lipinski definition) is 1. The number of nitrogens with two attached hydrogens (primary N) is 1. The van der Waals surface area contributed by atoms with Gasteiger partial charge in [0.2, 0.25) is 0 Å². The predicted octanol–water partition coefficient (Wildman–Crippen LogP) is 3.01. The van der Waals surface area contributed by atoms with Gasteiger partial charge in [0.1, 0.15) is 13.2 Å². The molecule has 2 aromatic carbocycles. The van der Waals surface area contributed by atoms with E-state index in [0.29, 0.717) is 13.2 Å². The van der Waals surface area contributed by atoms with Gasteiger partial charge in [-0.1, -0.05) is 36.4 Å². The van der Waals surface area contributed by atoms with Crippen LogP contribution in [0.5, 0.6) is 11.5 Å². The fourth-order valence-corrected chi connectivity index (χ4v) is 2.57. The Balaban J connectivity index is 1.88. The van der Waals surface area contributed by atoms with Gasteiger partial charge in [0.25, 0.3) is 0 Å². The van der Waals surface area contributed by atoms with Crippen LogP contribution < -0.4 is 15.2 Å². The Morgan fingerprint density at radius 3 is 2.70 bits per heavy atom. The molecule has 104 valence electrons. The van der Waals surface area contributed by atoms with Crippen molar-refractivity contribution in [2.24, 2.45) is 5.73 Å². The van der Waals surface area contributed by atoms with Gasteiger partial charge in [-0.25, -0.2) is 0 Å². The van der Waals surface area contributed by atoms with Crippen LogP contribution in [0.2, 0.25) is 0 Å². The van der Waals surface area contributed by atoms with Gasteiger partial charge in [-0.3, -0.25) is 0 Å². The molecule has 3 heteroatoms. The molecule has 3 rings (SSSR count). The van der Waals surface area contributed by atoms with Gasteiger partial charge in [0.15, 0.2) is 11.5 Å². The van der Waals surface area contributed by atoms with Crippen LogP contribution in [0.4, 0.5) is 0 Å². The zero-order chi connectivity index (χ0) is 13.9. The number of aryl methyl sites for hydroxylation is 1. The number of hydrogen-bond acceptors (Lipinski definition) is 3. The summed E-state index contributed by atoms with van der Waals surface area (Å²) >= 11 is 0. The Morgan fingerprint density at radius 1 is 1.05 bits per heavy atom. The maximum Gasteiger partial charge on any atom is 0.166 e. The van der Waals surface area contributed by atoms with E-state index in [0.717, 1.165) is 23.5 Å². The lowest BCUT2D eigenvalue weighted by atomic mass is 9.96. The summed E-state index contributed by atoms with van der Waals surface area (Å²) in [7, 11) is 0. The molecule has 1 aliphatic rings. The number of fused-ring (bicyclic) bond motifs is 1. The summed E-state index contributed by atoms with van der Waals surface area (Å²) < 4.78 is 11.3. The van der Waals surface area contributed by atoms with Gasteiger partial charge in [0, 0.05) is 11.6 Å². The summed E-state index contributed by atoms with van der Waals surface area (Å²) in [6, 6.07) is 14.2. The van der Waals surface area contributed by atoms with E-state index >= 15 is 0 Å². The van der Waals surface area contributed by atoms with Crippen molar-refractivity contribution >= 4 is 0 Å². The second kappa shape index (κ2) is 5.55. The van der Waals surface area contributed by atoms with Gasteiger partial charge in [-0.2, -0.15) is 0 Å². The number of benzene rings is 2. The van der Waals surface area contributed by atoms with Crippen LogP contribution >= 0.6 is 0 Å². The lowest BCUT2D eigenvalue weighted by Gasteiger charge is -2.23. The minimum atomic E-state index is -0.0900. The number of ether oxygens (including phenoxy) is 2. The van der Waals surface area contributed by atoms with Crippen molar-refractivity contribution in [3.05, 3.63) is 59.2 Å². The molecule has 0 bridgehead atoms. The molecule has 0 spiro atoms. The maximum absolute atomic E-state index is 6.38. The van der Waals surface area contributed by atoms with Gasteiger partial charge in [-0.05, 0) is 30.5 Å². The zero-order valence-corrected chi connectivity index (χ0v) is 11.6. The van der Waals surface area contributed by atoms with E-state index in [1.165, 1.54) is 11.1 Å². The molecule has 0 aromatic heterocycles. The fraction of sp³-hybridized carbons (Fsp3) is 0.294. The van der Waals surface area contributed by atoms with E-state index in [1.807, 2.05) is 24.3 Å². The summed E-state index contributed by atoms with van der Waals surface area (Å²) in [5.74, 6) is 1.61. The SMILES string of the molecule is Cc1ccccc1CC(N)c1cccc2c1OCCO2. The van der Waals surface area contributed by atoms with Crippen molar-refractivity contribution in [2.45, 2.75) is 19.4 Å². The van der Waals surface area contributed by atoms with Crippen LogP contribution in [0.1, 0.15) is 22.7 Å². The quantitative estimate of drug-likeness (QED) is 0.931. The van der Waals surface area contributed by atoms with Crippen LogP contribution in [-0.2, 0) is 6.42 Å². The molecule has 1 unspecified atom stereocenters. The van der Waals surface area contributed by atoms with Crippen molar-refractivity contribution in [1.29, 1.82) is 0 Å². The Hall–Kier alpha value is -2.00. The molecule has 2 N–H and O–H groups in total. The molecule has 0 radical (unpaired) electrons. The van der Waals surface area contributed by atoms with Gasteiger partial charge >= 0.3 is 0 Å². The Morgan fingerprint density at radius 2 is 1.85 bits per heavy atom. The smallest absolute Gasteiger partial charge is 0.166 e. The molecule has 0 saturated heterocycles. The summed E-state index contributed by atoms with van der Waals surface area (Å²) in [6.45, 7) is 3.30. The average Bonchev–Trinajstić information content (AvgIpc) is 2.49. The molecule has 0 amide bonds. The molecular weight excluding hydrogens is 250 g/mol. The van der Waals surface area contributed by atoms with Crippen LogP contribution in [0.15, 0.2) is 42.5 Å². The Kier molecular flexibility index (Phi) is 3.61. The van der Waals surface area contributed by atoms with E-state index < -0.39 is 0 Å². The van der Waals surface area contributed by atoms with Crippen molar-refractivity contribution in [1.82, 2.24) is 0 Å². The molecule has 0 saturated carbocycles. The van der Waals surface area contributed by atoms with Crippen LogP contribution in [0.3, 0.4) is 0 Å². The predicted molar refractivity (Wildman–Crippen MR) is 79.2 cm³/mol. The van der Waals surface area contributed by atoms with E-state index in [4.69, 9.17) is 15.2 Å². The highest BCUT2D eigenvalue weighted by Gasteiger charge is 2.20. The molecule has 0 aliphatic carbocycles. The largest absolute Gasteiger partial charge is 0.486 e. The summed E-state index contributed by atoms with van der Waals surface area (Å²) in [5, 5.41) is 0. The Bertz CT molecular complexity index is 610. The summed E-state index contributed by atoms with van der Waals surface area (Å²) in [5.41, 5.74) is 9.94. The monoisotopic (exact) mass is 269 g/mol. The molecule has 1 heterocycles. The topological polar surface area (TPSA) is 44.5 Å². The van der Waals surface area contributed by atoms with Crippen LogP contribution in [0, 0.1) is 6.92 Å². The minimum Gasteiger partial charge on any atom is -0.486 e. The second-order valence-corrected chi connectivity index (χ2v) is 5.11. The summed E-state index contributed by atoms with van der Waals surface area (Å²) in [6.07, 6.45) is 0.798. The highest BCUT2D eigenvalue weighted by atomic mass is 16.6. The molecule has 1 aliphatic heterocycles. The molecule has 2 aromatic rings. The third-order valence-corrected chi connectivity index (χ3v) is 3.70. The van der Waals surface area contributed by atoms with E-state index in [1.54, 1.807) is 0 Å². The zero-order valence-electron chi connectivity index (χ0n) is 11.6. The molecular formula is C17H19NO2. The van der Waals surface area contributed by atoms with Crippen LogP contribution in [0.25, 0.3) is 0 Å². The highest BCUT2D eigenvalue weighted by molar-refractivity contribution is 5.49. The number of rotatable bonds is 3. The fourth-order valence-electron chi connectivity index (χ4n) is 2.57. The standard InChI is InChI=1S/C17H19NO2/c1-12-5-2-3-6-13(12)11-15(18)14-7-4-8-16-17(14)20-10-9-19-16/h2-8,15H,9-11,18H2,1H3. The first-order valence-corrected chi connectivity index (χ1v) is 6.94.